The molecule has 1 fully saturated rings. The number of H-pyrrole nitrogens is 1. The quantitative estimate of drug-likeness (QED) is 0.701. The van der Waals surface area contributed by atoms with E-state index in [-0.39, 0.29) is 18.5 Å². The van der Waals surface area contributed by atoms with E-state index >= 15 is 0 Å². The van der Waals surface area contributed by atoms with Crippen molar-refractivity contribution in [3.8, 4) is 11.5 Å². The molecule has 1 aliphatic heterocycles. The first-order valence-corrected chi connectivity index (χ1v) is 10.00. The predicted octanol–water partition coefficient (Wildman–Crippen LogP) is 2.10. The number of ether oxygens (including phenoxy) is 1. The molecule has 5 rings (SSSR count). The summed E-state index contributed by atoms with van der Waals surface area (Å²) in [5.41, 5.74) is 1.30. The fourth-order valence-corrected chi connectivity index (χ4v) is 4.24. The zero-order valence-corrected chi connectivity index (χ0v) is 16.6. The van der Waals surface area contributed by atoms with Crippen LogP contribution in [0.25, 0.3) is 11.5 Å². The number of hydrogen-bond acceptors (Lipinski definition) is 8. The lowest BCUT2D eigenvalue weighted by Gasteiger charge is -2.41. The summed E-state index contributed by atoms with van der Waals surface area (Å²) >= 11 is 0. The Morgan fingerprint density at radius 2 is 1.83 bits per heavy atom. The fraction of sp³-hybridized carbons (Fsp3) is 0.400. The van der Waals surface area contributed by atoms with Crippen LogP contribution in [0.5, 0.6) is 0 Å². The van der Waals surface area contributed by atoms with Gasteiger partial charge < -0.3 is 9.64 Å². The molecule has 1 saturated carbocycles. The molecule has 0 bridgehead atoms. The molecule has 1 aliphatic carbocycles. The normalized spacial score (nSPS) is 21.6. The van der Waals surface area contributed by atoms with Gasteiger partial charge >= 0.3 is 0 Å². The molecule has 30 heavy (non-hydrogen) atoms. The van der Waals surface area contributed by atoms with Crippen LogP contribution in [0.4, 0.5) is 17.3 Å². The molecular weight excluding hydrogens is 384 g/mol. The van der Waals surface area contributed by atoms with E-state index in [9.17, 15) is 4.79 Å². The van der Waals surface area contributed by atoms with Crippen LogP contribution in [0, 0.1) is 0 Å². The molecule has 3 aromatic rings. The highest BCUT2D eigenvalue weighted by molar-refractivity contribution is 6.06. The molecular formula is C20H22N8O2. The Balaban J connectivity index is 1.44. The van der Waals surface area contributed by atoms with Gasteiger partial charge in [0.2, 0.25) is 0 Å². The van der Waals surface area contributed by atoms with Crippen molar-refractivity contribution >= 4 is 23.2 Å². The van der Waals surface area contributed by atoms with Crippen molar-refractivity contribution in [2.45, 2.75) is 37.8 Å². The second kappa shape index (κ2) is 7.79. The van der Waals surface area contributed by atoms with Crippen molar-refractivity contribution in [1.82, 2.24) is 30.1 Å². The molecule has 10 heteroatoms. The largest absolute Gasteiger partial charge is 0.381 e. The number of pyridine rings is 1. The first-order valence-electron chi connectivity index (χ1n) is 10.00. The zero-order chi connectivity index (χ0) is 20.5. The first-order chi connectivity index (χ1) is 14.7. The van der Waals surface area contributed by atoms with E-state index in [0.29, 0.717) is 29.1 Å². The maximum Gasteiger partial charge on any atom is 0.252 e. The van der Waals surface area contributed by atoms with Crippen molar-refractivity contribution in [2.24, 2.45) is 0 Å². The van der Waals surface area contributed by atoms with Crippen LogP contribution in [0.2, 0.25) is 0 Å². The lowest BCUT2D eigenvalue weighted by molar-refractivity contribution is -0.117. The number of anilines is 3. The van der Waals surface area contributed by atoms with Crippen LogP contribution in [0.15, 0.2) is 37.1 Å². The van der Waals surface area contributed by atoms with E-state index in [1.807, 2.05) is 6.07 Å². The SMILES string of the molecule is COC1CCC(N2CC(=O)N(c3ccc(-c4ncn[nH]4)nc3)c3nccnc32)CC1. The second-order valence-corrected chi connectivity index (χ2v) is 7.46. The Kier molecular flexibility index (Phi) is 4.83. The number of aromatic amines is 1. The summed E-state index contributed by atoms with van der Waals surface area (Å²) in [6.45, 7) is 0.262. The Morgan fingerprint density at radius 1 is 1.03 bits per heavy atom. The molecule has 2 aliphatic rings. The second-order valence-electron chi connectivity index (χ2n) is 7.46. The monoisotopic (exact) mass is 406 g/mol. The number of rotatable bonds is 4. The molecule has 0 unspecified atom stereocenters. The molecule has 10 nitrogen and oxygen atoms in total. The standard InChI is InChI=1S/C20H22N8O2/c1-30-15-5-2-13(3-6-15)27-11-17(29)28(20-19(27)21-8-9-22-20)14-4-7-16(23-10-14)18-24-12-25-26-18/h4,7-10,12-13,15H,2-3,5-6,11H2,1H3,(H,24,25,26). The van der Waals surface area contributed by atoms with Crippen molar-refractivity contribution in [3.63, 3.8) is 0 Å². The molecule has 0 saturated heterocycles. The van der Waals surface area contributed by atoms with Crippen LogP contribution >= 0.6 is 0 Å². The molecule has 1 N–H and O–H groups in total. The lowest BCUT2D eigenvalue weighted by Crippen LogP contribution is -2.50. The minimum absolute atomic E-state index is 0.0499. The van der Waals surface area contributed by atoms with Gasteiger partial charge in [-0.05, 0) is 37.8 Å². The minimum Gasteiger partial charge on any atom is -0.381 e. The van der Waals surface area contributed by atoms with E-state index in [1.165, 1.54) is 6.33 Å². The van der Waals surface area contributed by atoms with Gasteiger partial charge in [0.05, 0.1) is 24.5 Å². The molecule has 0 atom stereocenters. The van der Waals surface area contributed by atoms with E-state index in [2.05, 4.69) is 35.0 Å². The van der Waals surface area contributed by atoms with Crippen LogP contribution in [0.3, 0.4) is 0 Å². The van der Waals surface area contributed by atoms with Crippen LogP contribution in [-0.4, -0.2) is 61.8 Å². The number of methoxy groups -OCH3 is 1. The number of amides is 1. The fourth-order valence-electron chi connectivity index (χ4n) is 4.24. The third-order valence-corrected chi connectivity index (χ3v) is 5.78. The van der Waals surface area contributed by atoms with Gasteiger partial charge in [-0.2, -0.15) is 5.10 Å². The van der Waals surface area contributed by atoms with Crippen molar-refractivity contribution in [2.75, 3.05) is 23.5 Å². The lowest BCUT2D eigenvalue weighted by atomic mass is 9.91. The number of aromatic nitrogens is 6. The number of fused-ring (bicyclic) bond motifs is 1. The van der Waals surface area contributed by atoms with Gasteiger partial charge in [0, 0.05) is 25.5 Å². The van der Waals surface area contributed by atoms with Crippen molar-refractivity contribution in [1.29, 1.82) is 0 Å². The highest BCUT2D eigenvalue weighted by Crippen LogP contribution is 2.38. The Hall–Kier alpha value is -3.40. The molecule has 0 radical (unpaired) electrons. The maximum absolute atomic E-state index is 13.2. The van der Waals surface area contributed by atoms with Gasteiger partial charge in [0.25, 0.3) is 5.91 Å². The van der Waals surface area contributed by atoms with Crippen LogP contribution in [-0.2, 0) is 9.53 Å². The Labute approximate surface area is 173 Å². The summed E-state index contributed by atoms with van der Waals surface area (Å²) in [4.78, 5) is 34.5. The van der Waals surface area contributed by atoms with Gasteiger partial charge in [-0.3, -0.25) is 19.8 Å². The van der Waals surface area contributed by atoms with Gasteiger partial charge in [0.1, 0.15) is 12.0 Å². The average molecular weight is 406 g/mol. The summed E-state index contributed by atoms with van der Waals surface area (Å²) in [6.07, 6.45) is 10.6. The van der Waals surface area contributed by atoms with Crippen molar-refractivity contribution < 1.29 is 9.53 Å². The molecule has 0 aromatic carbocycles. The third-order valence-electron chi connectivity index (χ3n) is 5.78. The zero-order valence-electron chi connectivity index (χ0n) is 16.6. The van der Waals surface area contributed by atoms with Crippen LogP contribution in [0.1, 0.15) is 25.7 Å². The van der Waals surface area contributed by atoms with E-state index < -0.39 is 0 Å². The first kappa shape index (κ1) is 18.6. The van der Waals surface area contributed by atoms with E-state index in [4.69, 9.17) is 4.74 Å². The van der Waals surface area contributed by atoms with Gasteiger partial charge in [-0.25, -0.2) is 15.0 Å². The minimum atomic E-state index is -0.0499. The molecule has 3 aromatic heterocycles. The number of carbonyl (C=O) groups excluding carboxylic acids is 1. The highest BCUT2D eigenvalue weighted by Gasteiger charge is 2.37. The summed E-state index contributed by atoms with van der Waals surface area (Å²) in [5, 5.41) is 6.63. The summed E-state index contributed by atoms with van der Waals surface area (Å²) < 4.78 is 5.49. The van der Waals surface area contributed by atoms with E-state index in [1.54, 1.807) is 36.7 Å². The van der Waals surface area contributed by atoms with Gasteiger partial charge in [-0.15, -0.1) is 0 Å². The average Bonchev–Trinajstić information content (AvgIpc) is 3.34. The number of nitrogens with one attached hydrogen (secondary N) is 1. The number of hydrogen-bond donors (Lipinski definition) is 1. The van der Waals surface area contributed by atoms with Crippen LogP contribution < -0.4 is 9.80 Å². The summed E-state index contributed by atoms with van der Waals surface area (Å²) in [5.74, 6) is 1.80. The number of nitrogens with zero attached hydrogens (tertiary/aromatic N) is 7. The highest BCUT2D eigenvalue weighted by atomic mass is 16.5. The summed E-state index contributed by atoms with van der Waals surface area (Å²) in [6, 6.07) is 3.89. The molecule has 1 amide bonds. The smallest absolute Gasteiger partial charge is 0.252 e. The van der Waals surface area contributed by atoms with Crippen molar-refractivity contribution in [3.05, 3.63) is 37.1 Å². The Morgan fingerprint density at radius 3 is 2.50 bits per heavy atom. The topological polar surface area (TPSA) is 113 Å². The van der Waals surface area contributed by atoms with Gasteiger partial charge in [-0.1, -0.05) is 0 Å². The molecule has 4 heterocycles. The Bertz CT molecular complexity index is 1020. The third kappa shape index (κ3) is 3.28. The van der Waals surface area contributed by atoms with E-state index in [0.717, 1.165) is 31.5 Å². The maximum atomic E-state index is 13.2. The molecule has 0 spiro atoms. The molecule has 154 valence electrons. The number of carbonyl (C=O) groups is 1. The predicted molar refractivity (Wildman–Crippen MR) is 109 cm³/mol. The summed E-state index contributed by atoms with van der Waals surface area (Å²) in [7, 11) is 1.76. The van der Waals surface area contributed by atoms with Gasteiger partial charge in [0.15, 0.2) is 17.5 Å².